The minimum Gasteiger partial charge on any atom is -0.494 e. The van der Waals surface area contributed by atoms with Crippen molar-refractivity contribution < 1.29 is 9.13 Å². The van der Waals surface area contributed by atoms with Gasteiger partial charge in [-0.1, -0.05) is 24.3 Å². The maximum atomic E-state index is 13.6. The van der Waals surface area contributed by atoms with Crippen molar-refractivity contribution in [1.29, 1.82) is 0 Å². The molecule has 0 aromatic heterocycles. The largest absolute Gasteiger partial charge is 0.494 e. The van der Waals surface area contributed by atoms with Crippen molar-refractivity contribution in [2.24, 2.45) is 0 Å². The smallest absolute Gasteiger partial charge is 0.167 e. The van der Waals surface area contributed by atoms with E-state index in [9.17, 15) is 4.39 Å². The Labute approximate surface area is 118 Å². The molecule has 0 amide bonds. The summed E-state index contributed by atoms with van der Waals surface area (Å²) in [7, 11) is 1.47. The Morgan fingerprint density at radius 1 is 1.20 bits per heavy atom. The molecule has 2 nitrogen and oxygen atoms in total. The van der Waals surface area contributed by atoms with Gasteiger partial charge in [-0.25, -0.2) is 4.39 Å². The van der Waals surface area contributed by atoms with Gasteiger partial charge in [0.1, 0.15) is 0 Å². The summed E-state index contributed by atoms with van der Waals surface area (Å²) in [5.41, 5.74) is 3.49. The van der Waals surface area contributed by atoms with Gasteiger partial charge in [0.2, 0.25) is 0 Å². The number of benzene rings is 2. The molecule has 2 aromatic carbocycles. The van der Waals surface area contributed by atoms with Gasteiger partial charge in [-0.05, 0) is 42.0 Å². The molecule has 0 aliphatic heterocycles. The van der Waals surface area contributed by atoms with E-state index in [0.717, 1.165) is 18.2 Å². The van der Waals surface area contributed by atoms with Crippen molar-refractivity contribution in [3.8, 4) is 5.75 Å². The van der Waals surface area contributed by atoms with E-state index in [1.165, 1.54) is 37.1 Å². The molecule has 1 N–H and O–H groups in total. The molecule has 1 fully saturated rings. The topological polar surface area (TPSA) is 21.3 Å². The fourth-order valence-corrected chi connectivity index (χ4v) is 2.46. The third-order valence-corrected chi connectivity index (χ3v) is 3.71. The normalized spacial score (nSPS) is 14.1. The van der Waals surface area contributed by atoms with Crippen LogP contribution in [0.15, 0.2) is 42.5 Å². The van der Waals surface area contributed by atoms with Crippen molar-refractivity contribution in [3.05, 3.63) is 59.4 Å². The Balaban J connectivity index is 1.72. The fraction of sp³-hybridized carbons (Fsp3) is 0.294. The van der Waals surface area contributed by atoms with Crippen LogP contribution in [0.4, 0.5) is 10.1 Å². The van der Waals surface area contributed by atoms with Crippen LogP contribution in [0.5, 0.6) is 5.75 Å². The maximum Gasteiger partial charge on any atom is 0.167 e. The summed E-state index contributed by atoms with van der Waals surface area (Å²) in [5, 5.41) is 3.28. The lowest BCUT2D eigenvalue weighted by molar-refractivity contribution is 0.386. The molecule has 0 heterocycles. The zero-order valence-corrected chi connectivity index (χ0v) is 11.5. The van der Waals surface area contributed by atoms with Crippen LogP contribution in [0.1, 0.15) is 29.9 Å². The molecular formula is C17H18FNO. The average Bonchev–Trinajstić information content (AvgIpc) is 3.30. The van der Waals surface area contributed by atoms with E-state index in [-0.39, 0.29) is 11.6 Å². The van der Waals surface area contributed by atoms with E-state index in [2.05, 4.69) is 29.6 Å². The van der Waals surface area contributed by atoms with E-state index in [1.54, 1.807) is 6.07 Å². The molecule has 0 unspecified atom stereocenters. The molecule has 3 rings (SSSR count). The van der Waals surface area contributed by atoms with Gasteiger partial charge in [-0.2, -0.15) is 0 Å². The van der Waals surface area contributed by atoms with Gasteiger partial charge in [0, 0.05) is 18.3 Å². The van der Waals surface area contributed by atoms with Crippen molar-refractivity contribution in [2.75, 3.05) is 12.4 Å². The van der Waals surface area contributed by atoms with E-state index >= 15 is 0 Å². The molecular weight excluding hydrogens is 253 g/mol. The SMILES string of the molecule is COc1ccc(NCc2ccccc2C2CC2)cc1F. The molecule has 2 aromatic rings. The van der Waals surface area contributed by atoms with Crippen LogP contribution in [0.25, 0.3) is 0 Å². The summed E-state index contributed by atoms with van der Waals surface area (Å²) in [6.07, 6.45) is 2.57. The molecule has 0 radical (unpaired) electrons. The van der Waals surface area contributed by atoms with Crippen LogP contribution < -0.4 is 10.1 Å². The molecule has 1 aliphatic carbocycles. The summed E-state index contributed by atoms with van der Waals surface area (Å²) < 4.78 is 18.5. The number of anilines is 1. The number of rotatable bonds is 5. The van der Waals surface area contributed by atoms with Crippen LogP contribution in [0.3, 0.4) is 0 Å². The number of halogens is 1. The fourth-order valence-electron chi connectivity index (χ4n) is 2.46. The molecule has 0 atom stereocenters. The van der Waals surface area contributed by atoms with Crippen LogP contribution in [-0.2, 0) is 6.54 Å². The predicted octanol–water partition coefficient (Wildman–Crippen LogP) is 4.32. The average molecular weight is 271 g/mol. The van der Waals surface area contributed by atoms with Crippen molar-refractivity contribution in [2.45, 2.75) is 25.3 Å². The maximum absolute atomic E-state index is 13.6. The first kappa shape index (κ1) is 13.0. The van der Waals surface area contributed by atoms with Crippen molar-refractivity contribution in [1.82, 2.24) is 0 Å². The molecule has 0 saturated heterocycles. The Kier molecular flexibility index (Phi) is 3.59. The molecule has 20 heavy (non-hydrogen) atoms. The number of nitrogens with one attached hydrogen (secondary N) is 1. The molecule has 0 bridgehead atoms. The minimum absolute atomic E-state index is 0.272. The summed E-state index contributed by atoms with van der Waals surface area (Å²) >= 11 is 0. The standard InChI is InChI=1S/C17H18FNO/c1-20-17-9-8-14(10-16(17)18)19-11-13-4-2-3-5-15(13)12-6-7-12/h2-5,8-10,12,19H,6-7,11H2,1H3. The van der Waals surface area contributed by atoms with Gasteiger partial charge in [-0.15, -0.1) is 0 Å². The molecule has 104 valence electrons. The first-order valence-electron chi connectivity index (χ1n) is 6.93. The van der Waals surface area contributed by atoms with E-state index in [1.807, 2.05) is 6.07 Å². The zero-order chi connectivity index (χ0) is 13.9. The number of methoxy groups -OCH3 is 1. The second kappa shape index (κ2) is 5.53. The highest BCUT2D eigenvalue weighted by molar-refractivity contribution is 5.48. The van der Waals surface area contributed by atoms with Gasteiger partial charge in [0.25, 0.3) is 0 Å². The summed E-state index contributed by atoms with van der Waals surface area (Å²) in [4.78, 5) is 0. The summed E-state index contributed by atoms with van der Waals surface area (Å²) in [5.74, 6) is 0.655. The Morgan fingerprint density at radius 2 is 2.00 bits per heavy atom. The Hall–Kier alpha value is -2.03. The number of hydrogen-bond acceptors (Lipinski definition) is 2. The minimum atomic E-state index is -0.340. The van der Waals surface area contributed by atoms with Crippen molar-refractivity contribution in [3.63, 3.8) is 0 Å². The lowest BCUT2D eigenvalue weighted by Gasteiger charge is -2.11. The van der Waals surface area contributed by atoms with Crippen LogP contribution in [-0.4, -0.2) is 7.11 Å². The van der Waals surface area contributed by atoms with E-state index in [4.69, 9.17) is 4.74 Å². The van der Waals surface area contributed by atoms with E-state index < -0.39 is 0 Å². The molecule has 3 heteroatoms. The lowest BCUT2D eigenvalue weighted by Crippen LogP contribution is -2.03. The summed E-state index contributed by atoms with van der Waals surface area (Å²) in [6.45, 7) is 0.721. The second-order valence-corrected chi connectivity index (χ2v) is 5.18. The van der Waals surface area contributed by atoms with Crippen LogP contribution >= 0.6 is 0 Å². The molecule has 1 saturated carbocycles. The monoisotopic (exact) mass is 271 g/mol. The van der Waals surface area contributed by atoms with Gasteiger partial charge < -0.3 is 10.1 Å². The first-order valence-corrected chi connectivity index (χ1v) is 6.93. The Morgan fingerprint density at radius 3 is 2.70 bits per heavy atom. The van der Waals surface area contributed by atoms with Crippen molar-refractivity contribution >= 4 is 5.69 Å². The highest BCUT2D eigenvalue weighted by Gasteiger charge is 2.25. The van der Waals surface area contributed by atoms with E-state index in [0.29, 0.717) is 0 Å². The van der Waals surface area contributed by atoms with Gasteiger partial charge >= 0.3 is 0 Å². The van der Waals surface area contributed by atoms with Gasteiger partial charge in [0.05, 0.1) is 7.11 Å². The lowest BCUT2D eigenvalue weighted by atomic mass is 10.0. The quantitative estimate of drug-likeness (QED) is 0.874. The first-order chi connectivity index (χ1) is 9.78. The second-order valence-electron chi connectivity index (χ2n) is 5.18. The van der Waals surface area contributed by atoms with Gasteiger partial charge in [0.15, 0.2) is 11.6 Å². The third kappa shape index (κ3) is 2.77. The highest BCUT2D eigenvalue weighted by Crippen LogP contribution is 2.41. The zero-order valence-electron chi connectivity index (χ0n) is 11.5. The van der Waals surface area contributed by atoms with Crippen LogP contribution in [0.2, 0.25) is 0 Å². The number of ether oxygens (including phenoxy) is 1. The Bertz CT molecular complexity index is 608. The molecule has 1 aliphatic rings. The summed E-state index contributed by atoms with van der Waals surface area (Å²) in [6, 6.07) is 13.4. The predicted molar refractivity (Wildman–Crippen MR) is 78.7 cm³/mol. The highest BCUT2D eigenvalue weighted by atomic mass is 19.1. The third-order valence-electron chi connectivity index (χ3n) is 3.71. The molecule has 0 spiro atoms. The number of hydrogen-bond donors (Lipinski definition) is 1. The van der Waals surface area contributed by atoms with Gasteiger partial charge in [-0.3, -0.25) is 0 Å². The van der Waals surface area contributed by atoms with Crippen LogP contribution in [0, 0.1) is 5.82 Å².